The molecule has 0 saturated heterocycles. The lowest BCUT2D eigenvalue weighted by molar-refractivity contribution is -0.147. The maximum Gasteiger partial charge on any atom is 0.309 e. The van der Waals surface area contributed by atoms with Crippen molar-refractivity contribution >= 4 is 21.9 Å². The van der Waals surface area contributed by atoms with Gasteiger partial charge in [0.15, 0.2) is 0 Å². The first kappa shape index (κ1) is 15.5. The fraction of sp³-hybridized carbons (Fsp3) is 0.562. The molecule has 0 bridgehead atoms. The summed E-state index contributed by atoms with van der Waals surface area (Å²) in [5.41, 5.74) is 0.763. The maximum absolute atomic E-state index is 11.0. The van der Waals surface area contributed by atoms with Gasteiger partial charge in [0, 0.05) is 10.5 Å². The van der Waals surface area contributed by atoms with Crippen molar-refractivity contribution in [1.82, 2.24) is 5.32 Å². The predicted molar refractivity (Wildman–Crippen MR) is 83.9 cm³/mol. The standard InChI is InChI=1S/C16H22BrNO2/c1-16(2,15(19)20)7-8-18-14-9-12(10-14)11-3-5-13(17)6-4-11/h3-6,12,14,18H,7-10H2,1-2H3,(H,19,20). The van der Waals surface area contributed by atoms with Crippen LogP contribution in [0.2, 0.25) is 0 Å². The average molecular weight is 340 g/mol. The van der Waals surface area contributed by atoms with Gasteiger partial charge in [0.1, 0.15) is 0 Å². The zero-order chi connectivity index (χ0) is 14.8. The van der Waals surface area contributed by atoms with Crippen molar-refractivity contribution in [3.8, 4) is 0 Å². The zero-order valence-electron chi connectivity index (χ0n) is 12.0. The Kier molecular flexibility index (Phi) is 4.86. The Hall–Kier alpha value is -0.870. The first-order chi connectivity index (χ1) is 9.38. The summed E-state index contributed by atoms with van der Waals surface area (Å²) >= 11 is 3.45. The van der Waals surface area contributed by atoms with E-state index in [1.54, 1.807) is 13.8 Å². The smallest absolute Gasteiger partial charge is 0.309 e. The molecule has 0 unspecified atom stereocenters. The van der Waals surface area contributed by atoms with E-state index >= 15 is 0 Å². The Balaban J connectivity index is 1.70. The Labute approximate surface area is 128 Å². The molecule has 2 N–H and O–H groups in total. The van der Waals surface area contributed by atoms with Crippen molar-refractivity contribution in [2.75, 3.05) is 6.54 Å². The summed E-state index contributed by atoms with van der Waals surface area (Å²) in [5, 5.41) is 12.5. The summed E-state index contributed by atoms with van der Waals surface area (Å²) in [6.07, 6.45) is 2.96. The van der Waals surface area contributed by atoms with Crippen LogP contribution in [-0.4, -0.2) is 23.7 Å². The van der Waals surface area contributed by atoms with Crippen molar-refractivity contribution in [1.29, 1.82) is 0 Å². The van der Waals surface area contributed by atoms with Crippen molar-refractivity contribution in [3.63, 3.8) is 0 Å². The minimum atomic E-state index is -0.722. The molecule has 1 aromatic rings. The summed E-state index contributed by atoms with van der Waals surface area (Å²) in [7, 11) is 0. The van der Waals surface area contributed by atoms with Crippen molar-refractivity contribution in [2.45, 2.75) is 45.1 Å². The Morgan fingerprint density at radius 3 is 2.50 bits per heavy atom. The molecule has 110 valence electrons. The molecule has 0 heterocycles. The molecule has 0 atom stereocenters. The molecule has 0 aromatic heterocycles. The van der Waals surface area contributed by atoms with Crippen LogP contribution in [0.4, 0.5) is 0 Å². The van der Waals surface area contributed by atoms with E-state index in [0.717, 1.165) is 23.9 Å². The summed E-state index contributed by atoms with van der Waals surface area (Å²) in [5.74, 6) is -0.0752. The summed E-state index contributed by atoms with van der Waals surface area (Å²) in [6, 6.07) is 9.07. The van der Waals surface area contributed by atoms with Crippen LogP contribution in [0.5, 0.6) is 0 Å². The summed E-state index contributed by atoms with van der Waals surface area (Å²) < 4.78 is 1.12. The second-order valence-electron chi connectivity index (χ2n) is 6.31. The van der Waals surface area contributed by atoms with Crippen LogP contribution >= 0.6 is 15.9 Å². The number of carboxylic acids is 1. The van der Waals surface area contributed by atoms with Crippen molar-refractivity contribution in [3.05, 3.63) is 34.3 Å². The zero-order valence-corrected chi connectivity index (χ0v) is 13.6. The third-order valence-corrected chi connectivity index (χ3v) is 4.77. The van der Waals surface area contributed by atoms with Crippen LogP contribution < -0.4 is 5.32 Å². The molecule has 0 spiro atoms. The number of halogens is 1. The van der Waals surface area contributed by atoms with Gasteiger partial charge in [0.2, 0.25) is 0 Å². The molecule has 1 aromatic carbocycles. The summed E-state index contributed by atoms with van der Waals surface area (Å²) in [4.78, 5) is 11.0. The number of benzene rings is 1. The van der Waals surface area contributed by atoms with Gasteiger partial charge in [-0.2, -0.15) is 0 Å². The van der Waals surface area contributed by atoms with Gasteiger partial charge in [0.05, 0.1) is 5.41 Å². The second kappa shape index (κ2) is 6.27. The highest BCUT2D eigenvalue weighted by atomic mass is 79.9. The number of rotatable bonds is 6. The Bertz CT molecular complexity index is 464. The first-order valence-corrected chi connectivity index (χ1v) is 7.90. The van der Waals surface area contributed by atoms with Gasteiger partial charge in [-0.3, -0.25) is 4.79 Å². The fourth-order valence-electron chi connectivity index (χ4n) is 2.49. The summed E-state index contributed by atoms with van der Waals surface area (Å²) in [6.45, 7) is 4.34. The average Bonchev–Trinajstić information content (AvgIpc) is 2.33. The van der Waals surface area contributed by atoms with Gasteiger partial charge >= 0.3 is 5.97 Å². The molecule has 1 aliphatic carbocycles. The number of hydrogen-bond donors (Lipinski definition) is 2. The largest absolute Gasteiger partial charge is 0.481 e. The van der Waals surface area contributed by atoms with E-state index in [4.69, 9.17) is 5.11 Å². The predicted octanol–water partition coefficient (Wildman–Crippen LogP) is 3.79. The van der Waals surface area contributed by atoms with Crippen LogP contribution in [0.3, 0.4) is 0 Å². The lowest BCUT2D eigenvalue weighted by Crippen LogP contribution is -2.42. The first-order valence-electron chi connectivity index (χ1n) is 7.11. The Morgan fingerprint density at radius 1 is 1.35 bits per heavy atom. The Morgan fingerprint density at radius 2 is 1.95 bits per heavy atom. The molecular weight excluding hydrogens is 318 g/mol. The minimum Gasteiger partial charge on any atom is -0.481 e. The highest BCUT2D eigenvalue weighted by molar-refractivity contribution is 9.10. The maximum atomic E-state index is 11.0. The number of hydrogen-bond acceptors (Lipinski definition) is 2. The van der Waals surface area contributed by atoms with Crippen molar-refractivity contribution in [2.24, 2.45) is 5.41 Å². The van der Waals surface area contributed by atoms with E-state index < -0.39 is 11.4 Å². The lowest BCUT2D eigenvalue weighted by atomic mass is 9.75. The third-order valence-electron chi connectivity index (χ3n) is 4.24. The molecule has 1 aliphatic rings. The van der Waals surface area contributed by atoms with Crippen LogP contribution in [0.1, 0.15) is 44.6 Å². The SMILES string of the molecule is CC(C)(CCNC1CC(c2ccc(Br)cc2)C1)C(=O)O. The molecule has 0 aliphatic heterocycles. The van der Waals surface area contributed by atoms with Gasteiger partial charge in [-0.1, -0.05) is 28.1 Å². The normalized spacial score (nSPS) is 22.4. The van der Waals surface area contributed by atoms with E-state index in [0.29, 0.717) is 18.4 Å². The highest BCUT2D eigenvalue weighted by Crippen LogP contribution is 2.37. The van der Waals surface area contributed by atoms with E-state index in [-0.39, 0.29) is 0 Å². The lowest BCUT2D eigenvalue weighted by Gasteiger charge is -2.37. The number of nitrogens with one attached hydrogen (secondary N) is 1. The van der Waals surface area contributed by atoms with Crippen LogP contribution in [-0.2, 0) is 4.79 Å². The van der Waals surface area contributed by atoms with Crippen LogP contribution in [0.25, 0.3) is 0 Å². The van der Waals surface area contributed by atoms with Crippen LogP contribution in [0.15, 0.2) is 28.7 Å². The monoisotopic (exact) mass is 339 g/mol. The molecule has 0 amide bonds. The second-order valence-corrected chi connectivity index (χ2v) is 7.23. The van der Waals surface area contributed by atoms with E-state index in [1.807, 2.05) is 0 Å². The minimum absolute atomic E-state index is 0.535. The third kappa shape index (κ3) is 3.83. The number of carboxylic acid groups (broad SMARTS) is 1. The van der Waals surface area contributed by atoms with E-state index in [2.05, 4.69) is 45.5 Å². The number of carbonyl (C=O) groups is 1. The molecule has 4 heteroatoms. The molecule has 1 saturated carbocycles. The quantitative estimate of drug-likeness (QED) is 0.828. The van der Waals surface area contributed by atoms with E-state index in [9.17, 15) is 4.79 Å². The van der Waals surface area contributed by atoms with Gasteiger partial charge in [-0.15, -0.1) is 0 Å². The highest BCUT2D eigenvalue weighted by Gasteiger charge is 2.31. The van der Waals surface area contributed by atoms with Crippen molar-refractivity contribution < 1.29 is 9.90 Å². The molecule has 2 rings (SSSR count). The molecular formula is C16H22BrNO2. The molecule has 20 heavy (non-hydrogen) atoms. The van der Waals surface area contributed by atoms with Gasteiger partial charge < -0.3 is 10.4 Å². The molecule has 0 radical (unpaired) electrons. The van der Waals surface area contributed by atoms with Crippen LogP contribution in [0, 0.1) is 5.41 Å². The fourth-order valence-corrected chi connectivity index (χ4v) is 2.75. The topological polar surface area (TPSA) is 49.3 Å². The van der Waals surface area contributed by atoms with E-state index in [1.165, 1.54) is 5.56 Å². The van der Waals surface area contributed by atoms with Gasteiger partial charge in [-0.25, -0.2) is 0 Å². The van der Waals surface area contributed by atoms with Gasteiger partial charge in [-0.05, 0) is 63.3 Å². The molecule has 3 nitrogen and oxygen atoms in total. The van der Waals surface area contributed by atoms with Gasteiger partial charge in [0.25, 0.3) is 0 Å². The number of aliphatic carboxylic acids is 1. The molecule has 1 fully saturated rings.